The maximum absolute atomic E-state index is 11.0. The highest BCUT2D eigenvalue weighted by atomic mass is 16.6. The molecule has 2 aromatic carbocycles. The Labute approximate surface area is 135 Å². The van der Waals surface area contributed by atoms with Crippen molar-refractivity contribution in [2.75, 3.05) is 7.11 Å². The second kappa shape index (κ2) is 8.03. The Morgan fingerprint density at radius 3 is 2.52 bits per heavy atom. The summed E-state index contributed by atoms with van der Waals surface area (Å²) in [4.78, 5) is 10.6. The van der Waals surface area contributed by atoms with Crippen molar-refractivity contribution in [2.45, 2.75) is 25.9 Å². The minimum atomic E-state index is -1.02. The van der Waals surface area contributed by atoms with Crippen molar-refractivity contribution in [2.24, 2.45) is 10.2 Å². The van der Waals surface area contributed by atoms with Gasteiger partial charge in [0.2, 0.25) is 0 Å². The van der Waals surface area contributed by atoms with Crippen LogP contribution in [0.2, 0.25) is 0 Å². The van der Waals surface area contributed by atoms with Crippen LogP contribution in [0.1, 0.15) is 19.8 Å². The molecule has 0 N–H and O–H groups in total. The van der Waals surface area contributed by atoms with E-state index in [2.05, 4.69) is 10.2 Å². The quantitative estimate of drug-likeness (QED) is 0.416. The summed E-state index contributed by atoms with van der Waals surface area (Å²) < 4.78 is 5.27. The van der Waals surface area contributed by atoms with E-state index in [1.54, 1.807) is 6.07 Å². The summed E-state index contributed by atoms with van der Waals surface area (Å²) in [6.07, 6.45) is 0.00773. The van der Waals surface area contributed by atoms with E-state index in [1.807, 2.05) is 49.4 Å². The topological polar surface area (TPSA) is 77.1 Å². The van der Waals surface area contributed by atoms with Gasteiger partial charge in [-0.2, -0.15) is 0 Å². The van der Waals surface area contributed by atoms with E-state index in [0.717, 1.165) is 11.1 Å². The fraction of sp³-hybridized carbons (Fsp3) is 0.294. The van der Waals surface area contributed by atoms with E-state index in [4.69, 9.17) is 4.74 Å². The summed E-state index contributed by atoms with van der Waals surface area (Å²) in [5.74, 6) is 0.534. The summed E-state index contributed by atoms with van der Waals surface area (Å²) in [6.45, 7) is 1.88. The SMILES string of the molecule is CCCC(N=Nc1cc(-c2ccccc2)ccc1OC)[N+](=O)[O-]. The fourth-order valence-electron chi connectivity index (χ4n) is 2.17. The number of nitro groups is 1. The molecular weight excluding hydrogens is 294 g/mol. The van der Waals surface area contributed by atoms with Crippen molar-refractivity contribution in [1.29, 1.82) is 0 Å². The minimum Gasteiger partial charge on any atom is -0.494 e. The molecular formula is C17H19N3O3. The molecule has 0 spiro atoms. The van der Waals surface area contributed by atoms with Gasteiger partial charge in [-0.15, -0.1) is 10.2 Å². The number of hydrogen-bond donors (Lipinski definition) is 0. The van der Waals surface area contributed by atoms with Gasteiger partial charge in [-0.25, -0.2) is 0 Å². The third kappa shape index (κ3) is 4.35. The van der Waals surface area contributed by atoms with E-state index in [9.17, 15) is 10.1 Å². The Morgan fingerprint density at radius 2 is 1.91 bits per heavy atom. The van der Waals surface area contributed by atoms with Gasteiger partial charge < -0.3 is 4.74 Å². The number of ether oxygens (including phenoxy) is 1. The van der Waals surface area contributed by atoms with Gasteiger partial charge in [0.1, 0.15) is 11.4 Å². The standard InChI is InChI=1S/C17H19N3O3/c1-3-7-17(20(21)22)19-18-15-12-14(10-11-16(15)23-2)13-8-5-4-6-9-13/h4-6,8-12,17H,3,7H2,1-2H3. The lowest BCUT2D eigenvalue weighted by Crippen LogP contribution is -2.15. The molecule has 0 aliphatic rings. The van der Waals surface area contributed by atoms with Gasteiger partial charge in [0.15, 0.2) is 0 Å². The minimum absolute atomic E-state index is 0.358. The maximum Gasteiger partial charge on any atom is 0.320 e. The first-order valence-corrected chi connectivity index (χ1v) is 7.43. The Kier molecular flexibility index (Phi) is 5.80. The maximum atomic E-state index is 11.0. The van der Waals surface area contributed by atoms with Gasteiger partial charge in [-0.3, -0.25) is 10.1 Å². The van der Waals surface area contributed by atoms with Gasteiger partial charge >= 0.3 is 6.17 Å². The molecule has 0 aromatic heterocycles. The number of methoxy groups -OCH3 is 1. The molecule has 0 bridgehead atoms. The second-order valence-corrected chi connectivity index (χ2v) is 5.02. The predicted molar refractivity (Wildman–Crippen MR) is 88.6 cm³/mol. The molecule has 1 unspecified atom stereocenters. The summed E-state index contributed by atoms with van der Waals surface area (Å²) in [5.41, 5.74) is 2.47. The molecule has 0 radical (unpaired) electrons. The molecule has 0 aliphatic carbocycles. The second-order valence-electron chi connectivity index (χ2n) is 5.02. The van der Waals surface area contributed by atoms with Crippen molar-refractivity contribution < 1.29 is 9.66 Å². The first-order chi connectivity index (χ1) is 11.2. The average molecular weight is 313 g/mol. The Balaban J connectivity index is 2.34. The van der Waals surface area contributed by atoms with Crippen LogP contribution in [-0.4, -0.2) is 18.2 Å². The first kappa shape index (κ1) is 16.6. The highest BCUT2D eigenvalue weighted by Crippen LogP contribution is 2.33. The van der Waals surface area contributed by atoms with E-state index in [-0.39, 0.29) is 0 Å². The molecule has 2 rings (SSSR count). The number of azo groups is 1. The Morgan fingerprint density at radius 1 is 1.17 bits per heavy atom. The van der Waals surface area contributed by atoms with Gasteiger partial charge in [0, 0.05) is 11.3 Å². The molecule has 0 saturated carbocycles. The van der Waals surface area contributed by atoms with Gasteiger partial charge in [-0.05, 0) is 29.7 Å². The van der Waals surface area contributed by atoms with E-state index < -0.39 is 11.1 Å². The van der Waals surface area contributed by atoms with E-state index in [1.165, 1.54) is 7.11 Å². The average Bonchev–Trinajstić information content (AvgIpc) is 2.58. The van der Waals surface area contributed by atoms with Crippen LogP contribution in [0, 0.1) is 10.1 Å². The zero-order chi connectivity index (χ0) is 16.7. The van der Waals surface area contributed by atoms with Gasteiger partial charge in [0.05, 0.1) is 7.11 Å². The smallest absolute Gasteiger partial charge is 0.320 e. The van der Waals surface area contributed by atoms with Crippen molar-refractivity contribution in [3.05, 3.63) is 58.6 Å². The molecule has 0 heterocycles. The van der Waals surface area contributed by atoms with Crippen molar-refractivity contribution in [3.8, 4) is 16.9 Å². The molecule has 0 amide bonds. The van der Waals surface area contributed by atoms with Crippen LogP contribution in [0.4, 0.5) is 5.69 Å². The fourth-order valence-corrected chi connectivity index (χ4v) is 2.17. The normalized spacial score (nSPS) is 12.3. The molecule has 0 fully saturated rings. The van der Waals surface area contributed by atoms with Crippen molar-refractivity contribution in [1.82, 2.24) is 0 Å². The van der Waals surface area contributed by atoms with Crippen LogP contribution in [0.15, 0.2) is 58.8 Å². The molecule has 120 valence electrons. The number of nitrogens with zero attached hydrogens (tertiary/aromatic N) is 3. The zero-order valence-electron chi connectivity index (χ0n) is 13.2. The molecule has 6 heteroatoms. The summed E-state index contributed by atoms with van der Waals surface area (Å²) >= 11 is 0. The van der Waals surface area contributed by atoms with Crippen LogP contribution in [0.25, 0.3) is 11.1 Å². The molecule has 2 aromatic rings. The molecule has 0 saturated heterocycles. The third-order valence-corrected chi connectivity index (χ3v) is 3.37. The van der Waals surface area contributed by atoms with Crippen molar-refractivity contribution in [3.63, 3.8) is 0 Å². The lowest BCUT2D eigenvalue weighted by molar-refractivity contribution is -0.522. The van der Waals surface area contributed by atoms with Crippen LogP contribution < -0.4 is 4.74 Å². The van der Waals surface area contributed by atoms with Crippen LogP contribution >= 0.6 is 0 Å². The van der Waals surface area contributed by atoms with Crippen LogP contribution in [0.5, 0.6) is 5.75 Å². The predicted octanol–water partition coefficient (Wildman–Crippen LogP) is 4.85. The van der Waals surface area contributed by atoms with Gasteiger partial charge in [0.25, 0.3) is 0 Å². The molecule has 1 atom stereocenters. The number of benzene rings is 2. The first-order valence-electron chi connectivity index (χ1n) is 7.43. The lowest BCUT2D eigenvalue weighted by atomic mass is 10.1. The largest absolute Gasteiger partial charge is 0.494 e. The van der Waals surface area contributed by atoms with E-state index in [0.29, 0.717) is 24.3 Å². The highest BCUT2D eigenvalue weighted by Gasteiger charge is 2.17. The summed E-state index contributed by atoms with van der Waals surface area (Å²) in [5, 5.41) is 18.9. The summed E-state index contributed by atoms with van der Waals surface area (Å²) in [7, 11) is 1.54. The monoisotopic (exact) mass is 313 g/mol. The molecule has 23 heavy (non-hydrogen) atoms. The summed E-state index contributed by atoms with van der Waals surface area (Å²) in [6, 6.07) is 15.3. The number of hydrogen-bond acceptors (Lipinski definition) is 5. The van der Waals surface area contributed by atoms with Crippen LogP contribution in [-0.2, 0) is 0 Å². The van der Waals surface area contributed by atoms with Gasteiger partial charge in [-0.1, -0.05) is 43.3 Å². The number of rotatable bonds is 7. The lowest BCUT2D eigenvalue weighted by Gasteiger charge is -2.07. The third-order valence-electron chi connectivity index (χ3n) is 3.37. The molecule has 6 nitrogen and oxygen atoms in total. The van der Waals surface area contributed by atoms with Crippen molar-refractivity contribution >= 4 is 5.69 Å². The Hall–Kier alpha value is -2.76. The zero-order valence-corrected chi connectivity index (χ0v) is 13.2. The van der Waals surface area contributed by atoms with Crippen LogP contribution in [0.3, 0.4) is 0 Å². The Bertz CT molecular complexity index is 687. The highest BCUT2D eigenvalue weighted by molar-refractivity contribution is 5.70. The molecule has 0 aliphatic heterocycles. The van der Waals surface area contributed by atoms with E-state index >= 15 is 0 Å².